The third-order valence-corrected chi connectivity index (χ3v) is 4.75. The highest BCUT2D eigenvalue weighted by molar-refractivity contribution is 5.06. The van der Waals surface area contributed by atoms with Crippen molar-refractivity contribution >= 4 is 0 Å². The fourth-order valence-electron chi connectivity index (χ4n) is 3.05. The Morgan fingerprint density at radius 1 is 1.47 bits per heavy atom. The van der Waals surface area contributed by atoms with E-state index in [0.717, 1.165) is 37.3 Å². The van der Waals surface area contributed by atoms with Gasteiger partial charge >= 0.3 is 0 Å². The maximum absolute atomic E-state index is 6.62. The summed E-state index contributed by atoms with van der Waals surface area (Å²) in [5.41, 5.74) is 7.76. The van der Waals surface area contributed by atoms with Crippen LogP contribution in [0.4, 0.5) is 0 Å². The first-order valence-electron chi connectivity index (χ1n) is 7.85. The molecule has 2 rings (SSSR count). The molecule has 0 amide bonds. The first-order chi connectivity index (χ1) is 9.02. The maximum atomic E-state index is 6.62. The van der Waals surface area contributed by atoms with Crippen LogP contribution in [0.25, 0.3) is 0 Å². The lowest BCUT2D eigenvalue weighted by Crippen LogP contribution is -2.41. The second-order valence-electron chi connectivity index (χ2n) is 6.62. The summed E-state index contributed by atoms with van der Waals surface area (Å²) in [6.45, 7) is 6.76. The Labute approximate surface area is 117 Å². The minimum absolute atomic E-state index is 0.0284. The first kappa shape index (κ1) is 14.6. The molecular formula is C16H29N3. The number of aromatic nitrogens is 2. The van der Waals surface area contributed by atoms with E-state index in [-0.39, 0.29) is 5.54 Å². The van der Waals surface area contributed by atoms with Crippen molar-refractivity contribution < 1.29 is 0 Å². The van der Waals surface area contributed by atoms with Crippen molar-refractivity contribution in [3.8, 4) is 0 Å². The molecule has 1 aromatic heterocycles. The summed E-state index contributed by atoms with van der Waals surface area (Å²) in [4.78, 5) is 0. The molecule has 0 saturated heterocycles. The first-order valence-corrected chi connectivity index (χ1v) is 7.85. The van der Waals surface area contributed by atoms with Crippen molar-refractivity contribution in [2.75, 3.05) is 0 Å². The minimum Gasteiger partial charge on any atom is -0.325 e. The fraction of sp³-hybridized carbons (Fsp3) is 0.812. The van der Waals surface area contributed by atoms with Gasteiger partial charge in [0.2, 0.25) is 0 Å². The average molecular weight is 263 g/mol. The van der Waals surface area contributed by atoms with Gasteiger partial charge in [-0.2, -0.15) is 5.10 Å². The van der Waals surface area contributed by atoms with Crippen LogP contribution >= 0.6 is 0 Å². The summed E-state index contributed by atoms with van der Waals surface area (Å²) < 4.78 is 2.08. The molecular weight excluding hydrogens is 234 g/mol. The number of rotatable bonds is 4. The van der Waals surface area contributed by atoms with Gasteiger partial charge in [0.1, 0.15) is 0 Å². The zero-order valence-corrected chi connectivity index (χ0v) is 12.7. The predicted molar refractivity (Wildman–Crippen MR) is 80.1 cm³/mol. The lowest BCUT2D eigenvalue weighted by molar-refractivity contribution is 0.357. The molecule has 1 saturated carbocycles. The summed E-state index contributed by atoms with van der Waals surface area (Å²) in [5.74, 6) is 0.836. The molecule has 0 aliphatic heterocycles. The van der Waals surface area contributed by atoms with Crippen molar-refractivity contribution in [3.63, 3.8) is 0 Å². The van der Waals surface area contributed by atoms with E-state index in [1.165, 1.54) is 19.3 Å². The zero-order chi connectivity index (χ0) is 13.9. The van der Waals surface area contributed by atoms with Gasteiger partial charge in [0.15, 0.2) is 0 Å². The average Bonchev–Trinajstić information content (AvgIpc) is 2.77. The molecule has 1 aliphatic rings. The Hall–Kier alpha value is -0.830. The van der Waals surface area contributed by atoms with Crippen LogP contribution in [0.5, 0.6) is 0 Å². The SMILES string of the molecule is CCC(C)n1ccc(CC2(N)CCCC(C)CC2)n1. The highest BCUT2D eigenvalue weighted by atomic mass is 15.3. The standard InChI is InChI=1S/C16H29N3/c1-4-14(3)19-11-8-15(18-19)12-16(17)9-5-6-13(2)7-10-16/h8,11,13-14H,4-7,9-10,12,17H2,1-3H3. The maximum Gasteiger partial charge on any atom is 0.0643 e. The Morgan fingerprint density at radius 3 is 3.00 bits per heavy atom. The van der Waals surface area contributed by atoms with Crippen molar-refractivity contribution in [3.05, 3.63) is 18.0 Å². The molecule has 3 heteroatoms. The summed E-state index contributed by atoms with van der Waals surface area (Å²) in [5, 5.41) is 4.71. The molecule has 1 fully saturated rings. The van der Waals surface area contributed by atoms with Gasteiger partial charge in [0, 0.05) is 24.2 Å². The van der Waals surface area contributed by atoms with Gasteiger partial charge in [0.05, 0.1) is 5.69 Å². The Kier molecular flexibility index (Phi) is 4.67. The van der Waals surface area contributed by atoms with Crippen LogP contribution in [0.3, 0.4) is 0 Å². The van der Waals surface area contributed by atoms with Crippen LogP contribution in [-0.2, 0) is 6.42 Å². The van der Waals surface area contributed by atoms with E-state index >= 15 is 0 Å². The minimum atomic E-state index is -0.0284. The number of hydrogen-bond acceptors (Lipinski definition) is 2. The summed E-state index contributed by atoms with van der Waals surface area (Å²) >= 11 is 0. The fourth-order valence-corrected chi connectivity index (χ4v) is 3.05. The van der Waals surface area contributed by atoms with Gasteiger partial charge in [-0.1, -0.05) is 26.7 Å². The van der Waals surface area contributed by atoms with Crippen molar-refractivity contribution in [1.29, 1.82) is 0 Å². The van der Waals surface area contributed by atoms with E-state index in [4.69, 9.17) is 10.8 Å². The van der Waals surface area contributed by atoms with Gasteiger partial charge in [-0.3, -0.25) is 4.68 Å². The number of hydrogen-bond donors (Lipinski definition) is 1. The lowest BCUT2D eigenvalue weighted by Gasteiger charge is -2.27. The third kappa shape index (κ3) is 3.82. The van der Waals surface area contributed by atoms with Crippen molar-refractivity contribution in [2.24, 2.45) is 11.7 Å². The van der Waals surface area contributed by atoms with Gasteiger partial charge < -0.3 is 5.73 Å². The van der Waals surface area contributed by atoms with E-state index in [1.807, 2.05) is 0 Å². The second-order valence-corrected chi connectivity index (χ2v) is 6.62. The van der Waals surface area contributed by atoms with Crippen LogP contribution in [0.1, 0.15) is 71.0 Å². The van der Waals surface area contributed by atoms with Crippen LogP contribution < -0.4 is 5.73 Å². The van der Waals surface area contributed by atoms with Crippen LogP contribution in [0.15, 0.2) is 12.3 Å². The molecule has 0 radical (unpaired) electrons. The van der Waals surface area contributed by atoms with E-state index in [0.29, 0.717) is 6.04 Å². The zero-order valence-electron chi connectivity index (χ0n) is 12.7. The van der Waals surface area contributed by atoms with Crippen LogP contribution in [0.2, 0.25) is 0 Å². The second kappa shape index (κ2) is 6.08. The lowest BCUT2D eigenvalue weighted by atomic mass is 9.86. The largest absolute Gasteiger partial charge is 0.325 e. The Balaban J connectivity index is 2.01. The van der Waals surface area contributed by atoms with Crippen LogP contribution in [0, 0.1) is 5.92 Å². The van der Waals surface area contributed by atoms with E-state index in [9.17, 15) is 0 Å². The molecule has 3 unspecified atom stereocenters. The molecule has 108 valence electrons. The van der Waals surface area contributed by atoms with E-state index in [1.54, 1.807) is 0 Å². The molecule has 1 aromatic rings. The molecule has 0 bridgehead atoms. The molecule has 3 atom stereocenters. The Bertz CT molecular complexity index is 398. The number of nitrogens with zero attached hydrogens (tertiary/aromatic N) is 2. The molecule has 1 heterocycles. The molecule has 2 N–H and O–H groups in total. The predicted octanol–water partition coefficient (Wildman–Crippen LogP) is 3.69. The van der Waals surface area contributed by atoms with Crippen LogP contribution in [-0.4, -0.2) is 15.3 Å². The highest BCUT2D eigenvalue weighted by Crippen LogP contribution is 2.30. The smallest absolute Gasteiger partial charge is 0.0643 e. The topological polar surface area (TPSA) is 43.8 Å². The van der Waals surface area contributed by atoms with Gasteiger partial charge in [-0.15, -0.1) is 0 Å². The number of nitrogens with two attached hydrogens (primary N) is 1. The van der Waals surface area contributed by atoms with Crippen molar-refractivity contribution in [1.82, 2.24) is 9.78 Å². The normalized spacial score (nSPS) is 30.0. The Morgan fingerprint density at radius 2 is 2.26 bits per heavy atom. The van der Waals surface area contributed by atoms with Gasteiger partial charge in [-0.05, 0) is 44.6 Å². The van der Waals surface area contributed by atoms with E-state index < -0.39 is 0 Å². The molecule has 1 aliphatic carbocycles. The third-order valence-electron chi connectivity index (χ3n) is 4.75. The molecule has 3 nitrogen and oxygen atoms in total. The van der Waals surface area contributed by atoms with Gasteiger partial charge in [0.25, 0.3) is 0 Å². The monoisotopic (exact) mass is 263 g/mol. The molecule has 0 aromatic carbocycles. The molecule has 0 spiro atoms. The summed E-state index contributed by atoms with van der Waals surface area (Å²) in [6, 6.07) is 2.63. The summed E-state index contributed by atoms with van der Waals surface area (Å²) in [6.07, 6.45) is 10.3. The highest BCUT2D eigenvalue weighted by Gasteiger charge is 2.29. The van der Waals surface area contributed by atoms with Crippen molar-refractivity contribution in [2.45, 2.75) is 77.3 Å². The molecule has 19 heavy (non-hydrogen) atoms. The van der Waals surface area contributed by atoms with Gasteiger partial charge in [-0.25, -0.2) is 0 Å². The summed E-state index contributed by atoms with van der Waals surface area (Å²) in [7, 11) is 0. The van der Waals surface area contributed by atoms with E-state index in [2.05, 4.69) is 37.7 Å². The quantitative estimate of drug-likeness (QED) is 0.842.